The van der Waals surface area contributed by atoms with Crippen molar-refractivity contribution in [2.45, 2.75) is 38.8 Å². The maximum atomic E-state index is 13.4. The first-order valence-corrected chi connectivity index (χ1v) is 5.71. The van der Waals surface area contributed by atoms with Crippen LogP contribution in [0.3, 0.4) is 0 Å². The summed E-state index contributed by atoms with van der Waals surface area (Å²) in [4.78, 5) is 2.22. The van der Waals surface area contributed by atoms with E-state index in [1.165, 1.54) is 6.07 Å². The van der Waals surface area contributed by atoms with Crippen molar-refractivity contribution < 1.29 is 9.50 Å². The molecule has 0 amide bonds. The Hall–Kier alpha value is -1.09. The van der Waals surface area contributed by atoms with Crippen LogP contribution in [-0.4, -0.2) is 17.2 Å². The molecular formula is C13H18FNO. The minimum absolute atomic E-state index is 0.0838. The summed E-state index contributed by atoms with van der Waals surface area (Å²) in [6, 6.07) is 4.80. The van der Waals surface area contributed by atoms with Crippen molar-refractivity contribution in [3.8, 4) is 0 Å². The fraction of sp³-hybridized carbons (Fsp3) is 0.538. The van der Waals surface area contributed by atoms with Crippen LogP contribution >= 0.6 is 0 Å². The minimum Gasteiger partial charge on any atom is -0.392 e. The third-order valence-corrected chi connectivity index (χ3v) is 3.34. The van der Waals surface area contributed by atoms with Gasteiger partial charge in [-0.25, -0.2) is 4.39 Å². The van der Waals surface area contributed by atoms with Crippen molar-refractivity contribution in [1.29, 1.82) is 0 Å². The Morgan fingerprint density at radius 2 is 2.12 bits per heavy atom. The number of hydrogen-bond donors (Lipinski definition) is 1. The van der Waals surface area contributed by atoms with Gasteiger partial charge >= 0.3 is 0 Å². The third-order valence-electron chi connectivity index (χ3n) is 3.34. The highest BCUT2D eigenvalue weighted by Crippen LogP contribution is 2.34. The highest BCUT2D eigenvalue weighted by Gasteiger charge is 2.32. The molecule has 2 rings (SSSR count). The molecule has 0 atom stereocenters. The van der Waals surface area contributed by atoms with Gasteiger partial charge in [-0.15, -0.1) is 0 Å². The van der Waals surface area contributed by atoms with Gasteiger partial charge in [-0.1, -0.05) is 0 Å². The summed E-state index contributed by atoms with van der Waals surface area (Å²) in [7, 11) is 0. The minimum atomic E-state index is -0.274. The second-order valence-corrected chi connectivity index (χ2v) is 5.04. The maximum Gasteiger partial charge on any atom is 0.125 e. The first-order chi connectivity index (χ1) is 7.53. The fourth-order valence-electron chi connectivity index (χ4n) is 2.47. The highest BCUT2D eigenvalue weighted by atomic mass is 19.1. The van der Waals surface area contributed by atoms with Crippen molar-refractivity contribution in [1.82, 2.24) is 0 Å². The van der Waals surface area contributed by atoms with E-state index in [-0.39, 0.29) is 18.0 Å². The number of halogens is 1. The number of aliphatic hydroxyl groups excluding tert-OH is 1. The molecule has 0 aromatic heterocycles. The molecule has 1 heterocycles. The first-order valence-electron chi connectivity index (χ1n) is 5.71. The fourth-order valence-corrected chi connectivity index (χ4v) is 2.47. The molecule has 0 bridgehead atoms. The lowest BCUT2D eigenvalue weighted by Gasteiger charge is -2.34. The lowest BCUT2D eigenvalue weighted by atomic mass is 10.0. The van der Waals surface area contributed by atoms with Crippen LogP contribution in [0, 0.1) is 5.82 Å². The van der Waals surface area contributed by atoms with Crippen LogP contribution in [0.5, 0.6) is 0 Å². The number of benzene rings is 1. The van der Waals surface area contributed by atoms with Crippen molar-refractivity contribution in [3.05, 3.63) is 29.6 Å². The van der Waals surface area contributed by atoms with Gasteiger partial charge in [0.05, 0.1) is 6.61 Å². The molecule has 0 radical (unpaired) electrons. The molecule has 88 valence electrons. The van der Waals surface area contributed by atoms with Crippen LogP contribution in [0.25, 0.3) is 0 Å². The summed E-state index contributed by atoms with van der Waals surface area (Å²) in [5.41, 5.74) is 1.60. The Bertz CT molecular complexity index is 390. The molecule has 2 nitrogen and oxygen atoms in total. The molecule has 0 spiro atoms. The molecule has 16 heavy (non-hydrogen) atoms. The average Bonchev–Trinajstić information content (AvgIpc) is 2.57. The molecule has 1 saturated heterocycles. The van der Waals surface area contributed by atoms with Gasteiger partial charge in [0.15, 0.2) is 0 Å². The molecule has 1 aromatic rings. The standard InChI is InChI=1S/C13H18FNO/c1-13(2)4-3-5-15(13)12-7-10(9-16)6-11(14)8-12/h6-8,16H,3-5,9H2,1-2H3. The van der Waals surface area contributed by atoms with Crippen LogP contribution in [-0.2, 0) is 6.61 Å². The van der Waals surface area contributed by atoms with Crippen molar-refractivity contribution in [3.63, 3.8) is 0 Å². The van der Waals surface area contributed by atoms with Crippen molar-refractivity contribution in [2.24, 2.45) is 0 Å². The van der Waals surface area contributed by atoms with Gasteiger partial charge < -0.3 is 10.0 Å². The molecule has 1 fully saturated rings. The lowest BCUT2D eigenvalue weighted by molar-refractivity contribution is 0.281. The Balaban J connectivity index is 2.36. The molecule has 0 unspecified atom stereocenters. The molecule has 1 N–H and O–H groups in total. The second-order valence-electron chi connectivity index (χ2n) is 5.04. The van der Waals surface area contributed by atoms with E-state index in [4.69, 9.17) is 5.11 Å². The van der Waals surface area contributed by atoms with E-state index in [0.29, 0.717) is 5.56 Å². The number of nitrogens with zero attached hydrogens (tertiary/aromatic N) is 1. The quantitative estimate of drug-likeness (QED) is 0.833. The van der Waals surface area contributed by atoms with Gasteiger partial charge in [0.25, 0.3) is 0 Å². The van der Waals surface area contributed by atoms with Crippen LogP contribution in [0.15, 0.2) is 18.2 Å². The van der Waals surface area contributed by atoms with E-state index in [0.717, 1.165) is 25.1 Å². The molecule has 1 aliphatic rings. The van der Waals surface area contributed by atoms with E-state index in [1.807, 2.05) is 6.07 Å². The molecule has 0 saturated carbocycles. The predicted molar refractivity (Wildman–Crippen MR) is 63.0 cm³/mol. The van der Waals surface area contributed by atoms with Crippen LogP contribution in [0.2, 0.25) is 0 Å². The molecule has 1 aromatic carbocycles. The van der Waals surface area contributed by atoms with E-state index in [9.17, 15) is 4.39 Å². The SMILES string of the molecule is CC1(C)CCCN1c1cc(F)cc(CO)c1. The summed E-state index contributed by atoms with van der Waals surface area (Å²) in [5.74, 6) is -0.274. The van der Waals surface area contributed by atoms with Crippen LogP contribution < -0.4 is 4.90 Å². The summed E-state index contributed by atoms with van der Waals surface area (Å²) in [5, 5.41) is 9.07. The maximum absolute atomic E-state index is 13.4. The predicted octanol–water partition coefficient (Wildman–Crippen LogP) is 2.70. The monoisotopic (exact) mass is 223 g/mol. The highest BCUT2D eigenvalue weighted by molar-refractivity contribution is 5.52. The zero-order chi connectivity index (χ0) is 11.8. The van der Waals surface area contributed by atoms with Gasteiger partial charge in [0.2, 0.25) is 0 Å². The van der Waals surface area contributed by atoms with E-state index in [2.05, 4.69) is 18.7 Å². The van der Waals surface area contributed by atoms with Gasteiger partial charge in [-0.2, -0.15) is 0 Å². The molecule has 1 aliphatic heterocycles. The summed E-state index contributed by atoms with van der Waals surface area (Å²) in [6.45, 7) is 5.19. The van der Waals surface area contributed by atoms with Gasteiger partial charge in [0.1, 0.15) is 5.82 Å². The summed E-state index contributed by atoms with van der Waals surface area (Å²) in [6.07, 6.45) is 2.26. The third kappa shape index (κ3) is 2.05. The Morgan fingerprint density at radius 3 is 2.69 bits per heavy atom. The largest absolute Gasteiger partial charge is 0.392 e. The van der Waals surface area contributed by atoms with Crippen molar-refractivity contribution in [2.75, 3.05) is 11.4 Å². The van der Waals surface area contributed by atoms with Gasteiger partial charge in [-0.05, 0) is 50.5 Å². The number of hydrogen-bond acceptors (Lipinski definition) is 2. The first kappa shape index (κ1) is 11.4. The molecule has 3 heteroatoms. The summed E-state index contributed by atoms with van der Waals surface area (Å²) < 4.78 is 13.4. The molecule has 0 aliphatic carbocycles. The normalized spacial score (nSPS) is 19.1. The van der Waals surface area contributed by atoms with Crippen LogP contribution in [0.4, 0.5) is 10.1 Å². The summed E-state index contributed by atoms with van der Waals surface area (Å²) >= 11 is 0. The van der Waals surface area contributed by atoms with Gasteiger partial charge in [-0.3, -0.25) is 0 Å². The lowest BCUT2D eigenvalue weighted by Crippen LogP contribution is -2.38. The number of rotatable bonds is 2. The van der Waals surface area contributed by atoms with Gasteiger partial charge in [0, 0.05) is 17.8 Å². The topological polar surface area (TPSA) is 23.5 Å². The second kappa shape index (κ2) is 4.06. The smallest absolute Gasteiger partial charge is 0.125 e. The van der Waals surface area contributed by atoms with Crippen molar-refractivity contribution >= 4 is 5.69 Å². The van der Waals surface area contributed by atoms with E-state index in [1.54, 1.807) is 6.07 Å². The number of aliphatic hydroxyl groups is 1. The van der Waals surface area contributed by atoms with E-state index >= 15 is 0 Å². The average molecular weight is 223 g/mol. The van der Waals surface area contributed by atoms with Crippen LogP contribution in [0.1, 0.15) is 32.3 Å². The molecular weight excluding hydrogens is 205 g/mol. The Kier molecular flexibility index (Phi) is 2.89. The zero-order valence-electron chi connectivity index (χ0n) is 9.83. The Morgan fingerprint density at radius 1 is 1.38 bits per heavy atom. The Labute approximate surface area is 95.7 Å². The zero-order valence-corrected chi connectivity index (χ0v) is 9.83. The van der Waals surface area contributed by atoms with E-state index < -0.39 is 0 Å². The number of anilines is 1.